The number of carbonyl (C=O) groups is 3. The molecule has 1 aliphatic heterocycles. The van der Waals surface area contributed by atoms with Gasteiger partial charge in [0.2, 0.25) is 0 Å². The van der Waals surface area contributed by atoms with Gasteiger partial charge in [-0.2, -0.15) is 0 Å². The average molecular weight is 596 g/mol. The largest absolute Gasteiger partial charge is 0.497 e. The molecule has 1 atom stereocenters. The lowest BCUT2D eigenvalue weighted by Gasteiger charge is -2.36. The molecule has 0 unspecified atom stereocenters. The SMILES string of the molecule is COc1ccc2c(c1)CCN(C(=O)NCCC(=O)OCc1ccccc1)[C@H]2C(=O)Nc1cc(F)c([Si](C)(C)C)c(F)c1. The number of nitrogens with zero attached hydrogens (tertiary/aromatic N) is 1. The Morgan fingerprint density at radius 1 is 1.00 bits per heavy atom. The molecular weight excluding hydrogens is 560 g/mol. The molecule has 3 aromatic rings. The van der Waals surface area contributed by atoms with Crippen molar-refractivity contribution in [1.82, 2.24) is 10.2 Å². The maximum atomic E-state index is 14.9. The number of ether oxygens (including phenoxy) is 2. The summed E-state index contributed by atoms with van der Waals surface area (Å²) in [5, 5.41) is 5.35. The van der Waals surface area contributed by atoms with E-state index in [-0.39, 0.29) is 37.0 Å². The maximum absolute atomic E-state index is 14.9. The number of urea groups is 1. The van der Waals surface area contributed by atoms with Crippen LogP contribution in [0.25, 0.3) is 0 Å². The zero-order valence-corrected chi connectivity index (χ0v) is 25.1. The number of hydrogen-bond acceptors (Lipinski definition) is 5. The molecule has 3 amide bonds. The van der Waals surface area contributed by atoms with Gasteiger partial charge in [0.15, 0.2) is 0 Å². The van der Waals surface area contributed by atoms with Crippen molar-refractivity contribution in [3.8, 4) is 5.75 Å². The second kappa shape index (κ2) is 13.2. The van der Waals surface area contributed by atoms with Crippen LogP contribution in [0.15, 0.2) is 60.7 Å². The van der Waals surface area contributed by atoms with Crippen molar-refractivity contribution in [2.45, 2.75) is 45.1 Å². The van der Waals surface area contributed by atoms with Crippen LogP contribution in [0.2, 0.25) is 19.6 Å². The van der Waals surface area contributed by atoms with E-state index in [1.54, 1.807) is 18.2 Å². The predicted octanol–water partition coefficient (Wildman–Crippen LogP) is 4.90. The van der Waals surface area contributed by atoms with Crippen molar-refractivity contribution in [3.63, 3.8) is 0 Å². The lowest BCUT2D eigenvalue weighted by molar-refractivity contribution is -0.144. The van der Waals surface area contributed by atoms with E-state index < -0.39 is 43.7 Å². The van der Waals surface area contributed by atoms with Crippen molar-refractivity contribution in [1.29, 1.82) is 0 Å². The van der Waals surface area contributed by atoms with E-state index in [9.17, 15) is 23.2 Å². The van der Waals surface area contributed by atoms with E-state index >= 15 is 0 Å². The Labute approximate surface area is 245 Å². The van der Waals surface area contributed by atoms with Crippen LogP contribution in [0.3, 0.4) is 0 Å². The maximum Gasteiger partial charge on any atom is 0.318 e. The number of anilines is 1. The predicted molar refractivity (Wildman–Crippen MR) is 158 cm³/mol. The fraction of sp³-hybridized carbons (Fsp3) is 0.323. The highest BCUT2D eigenvalue weighted by Gasteiger charge is 2.37. The number of rotatable bonds is 9. The van der Waals surface area contributed by atoms with Crippen molar-refractivity contribution in [2.75, 3.05) is 25.5 Å². The van der Waals surface area contributed by atoms with E-state index in [0.29, 0.717) is 17.7 Å². The second-order valence-corrected chi connectivity index (χ2v) is 16.1. The summed E-state index contributed by atoms with van der Waals surface area (Å²) in [6, 6.07) is 15.0. The van der Waals surface area contributed by atoms with Crippen LogP contribution in [0.5, 0.6) is 5.75 Å². The van der Waals surface area contributed by atoms with E-state index in [1.165, 1.54) is 12.0 Å². The number of methoxy groups -OCH3 is 1. The van der Waals surface area contributed by atoms with Crippen LogP contribution in [0.1, 0.15) is 29.2 Å². The zero-order chi connectivity index (χ0) is 30.4. The van der Waals surface area contributed by atoms with Crippen LogP contribution in [-0.2, 0) is 27.4 Å². The summed E-state index contributed by atoms with van der Waals surface area (Å²) in [6.07, 6.45) is 0.399. The van der Waals surface area contributed by atoms with Gasteiger partial charge < -0.3 is 25.0 Å². The fourth-order valence-electron chi connectivity index (χ4n) is 4.99. The van der Waals surface area contributed by atoms with Gasteiger partial charge in [0.05, 0.1) is 21.6 Å². The highest BCUT2D eigenvalue weighted by molar-refractivity contribution is 6.88. The smallest absolute Gasteiger partial charge is 0.318 e. The number of halogens is 2. The van der Waals surface area contributed by atoms with Gasteiger partial charge in [-0.1, -0.05) is 56.0 Å². The van der Waals surface area contributed by atoms with E-state index in [2.05, 4.69) is 10.6 Å². The molecule has 2 N–H and O–H groups in total. The molecule has 0 aliphatic carbocycles. The van der Waals surface area contributed by atoms with Crippen molar-refractivity contribution in [2.24, 2.45) is 0 Å². The molecule has 0 fully saturated rings. The van der Waals surface area contributed by atoms with Gasteiger partial charge in [0, 0.05) is 24.0 Å². The molecule has 0 aromatic heterocycles. The van der Waals surface area contributed by atoms with Gasteiger partial charge in [0.1, 0.15) is 30.0 Å². The Morgan fingerprint density at radius 2 is 1.69 bits per heavy atom. The van der Waals surface area contributed by atoms with Crippen molar-refractivity contribution < 1.29 is 32.6 Å². The van der Waals surface area contributed by atoms with Crippen LogP contribution in [0.4, 0.5) is 19.3 Å². The van der Waals surface area contributed by atoms with Crippen LogP contribution in [0, 0.1) is 11.6 Å². The number of carbonyl (C=O) groups excluding carboxylic acids is 3. The number of fused-ring (bicyclic) bond motifs is 1. The van der Waals surface area contributed by atoms with Gasteiger partial charge >= 0.3 is 12.0 Å². The quantitative estimate of drug-likeness (QED) is 0.271. The Hall–Kier alpha value is -4.25. The van der Waals surface area contributed by atoms with E-state index in [1.807, 2.05) is 50.0 Å². The molecule has 42 heavy (non-hydrogen) atoms. The molecule has 0 saturated carbocycles. The molecule has 1 heterocycles. The monoisotopic (exact) mass is 595 g/mol. The number of esters is 1. The van der Waals surface area contributed by atoms with Gasteiger partial charge in [-0.25, -0.2) is 13.6 Å². The highest BCUT2D eigenvalue weighted by Crippen LogP contribution is 2.33. The van der Waals surface area contributed by atoms with Gasteiger partial charge in [-0.15, -0.1) is 0 Å². The lowest BCUT2D eigenvalue weighted by Crippen LogP contribution is -2.49. The lowest BCUT2D eigenvalue weighted by atomic mass is 9.91. The molecule has 4 rings (SSSR count). The van der Waals surface area contributed by atoms with Crippen LogP contribution >= 0.6 is 0 Å². The third-order valence-corrected chi connectivity index (χ3v) is 8.97. The summed E-state index contributed by atoms with van der Waals surface area (Å²) in [4.78, 5) is 40.4. The first kappa shape index (κ1) is 30.7. The zero-order valence-electron chi connectivity index (χ0n) is 24.1. The summed E-state index contributed by atoms with van der Waals surface area (Å²) >= 11 is 0. The van der Waals surface area contributed by atoms with Crippen LogP contribution < -0.4 is 20.6 Å². The molecule has 8 nitrogen and oxygen atoms in total. The summed E-state index contributed by atoms with van der Waals surface area (Å²) in [7, 11) is -0.778. The second-order valence-electron chi connectivity index (χ2n) is 11.1. The highest BCUT2D eigenvalue weighted by atomic mass is 28.3. The van der Waals surface area contributed by atoms with Crippen molar-refractivity contribution >= 4 is 36.9 Å². The first-order chi connectivity index (χ1) is 20.0. The Morgan fingerprint density at radius 3 is 2.33 bits per heavy atom. The summed E-state index contributed by atoms with van der Waals surface area (Å²) in [6.45, 7) is 5.82. The average Bonchev–Trinajstić information content (AvgIpc) is 2.94. The number of hydrogen-bond donors (Lipinski definition) is 2. The van der Waals surface area contributed by atoms with E-state index in [0.717, 1.165) is 23.3 Å². The Bertz CT molecular complexity index is 1440. The molecule has 1 aliphatic rings. The summed E-state index contributed by atoms with van der Waals surface area (Å²) in [5.41, 5.74) is 2.19. The molecule has 0 spiro atoms. The third-order valence-electron chi connectivity index (χ3n) is 7.00. The summed E-state index contributed by atoms with van der Waals surface area (Å²) < 4.78 is 40.4. The Balaban J connectivity index is 1.48. The molecule has 0 bridgehead atoms. The minimum atomic E-state index is -2.31. The molecule has 11 heteroatoms. The van der Waals surface area contributed by atoms with Gasteiger partial charge in [-0.3, -0.25) is 9.59 Å². The first-order valence-electron chi connectivity index (χ1n) is 13.7. The molecule has 0 saturated heterocycles. The molecular formula is C31H35F2N3O5Si. The fourth-order valence-corrected chi connectivity index (χ4v) is 6.56. The van der Waals surface area contributed by atoms with Gasteiger partial charge in [0.25, 0.3) is 5.91 Å². The first-order valence-corrected chi connectivity index (χ1v) is 17.2. The number of benzene rings is 3. The third kappa shape index (κ3) is 7.33. The molecule has 0 radical (unpaired) electrons. The standard InChI is InChI=1S/C31H35F2N3O5Si/c1-40-23-10-11-24-21(16-23)13-15-36(31(39)34-14-12-27(37)41-19-20-8-6-5-7-9-20)28(24)30(38)35-22-17-25(32)29(26(33)18-22)42(2,3)4/h5-11,16-18,28H,12-15,19H2,1-4H3,(H,34,39)(H,35,38)/t28-/m1/s1. The minimum absolute atomic E-state index is 0.00133. The minimum Gasteiger partial charge on any atom is -0.497 e. The molecule has 3 aromatic carbocycles. The Kier molecular flexibility index (Phi) is 9.62. The number of amides is 3. The topological polar surface area (TPSA) is 97.0 Å². The number of nitrogens with one attached hydrogen (secondary N) is 2. The van der Waals surface area contributed by atoms with Crippen LogP contribution in [-0.4, -0.2) is 51.1 Å². The van der Waals surface area contributed by atoms with Crippen molar-refractivity contribution in [3.05, 3.63) is 89.0 Å². The normalized spacial score (nSPS) is 14.5. The summed E-state index contributed by atoms with van der Waals surface area (Å²) in [5.74, 6) is -1.93. The van der Waals surface area contributed by atoms with Gasteiger partial charge in [-0.05, 0) is 47.4 Å². The molecule has 222 valence electrons. The van der Waals surface area contributed by atoms with E-state index in [4.69, 9.17) is 9.47 Å².